The highest BCUT2D eigenvalue weighted by atomic mass is 32.1. The highest BCUT2D eigenvalue weighted by molar-refractivity contribution is 7.22. The summed E-state index contributed by atoms with van der Waals surface area (Å²) in [4.78, 5) is 4.61. The van der Waals surface area contributed by atoms with Crippen molar-refractivity contribution in [3.8, 4) is 0 Å². The Morgan fingerprint density at radius 2 is 2.29 bits per heavy atom. The molecule has 90 valence electrons. The zero-order valence-electron chi connectivity index (χ0n) is 10.2. The van der Waals surface area contributed by atoms with Crippen molar-refractivity contribution in [2.75, 3.05) is 11.9 Å². The van der Waals surface area contributed by atoms with Crippen LogP contribution in [0.5, 0.6) is 0 Å². The van der Waals surface area contributed by atoms with Gasteiger partial charge in [-0.3, -0.25) is 0 Å². The number of anilines is 1. The molecule has 17 heavy (non-hydrogen) atoms. The van der Waals surface area contributed by atoms with Crippen LogP contribution in [0.15, 0.2) is 18.2 Å². The van der Waals surface area contributed by atoms with Crippen LogP contribution in [0.3, 0.4) is 0 Å². The van der Waals surface area contributed by atoms with Crippen molar-refractivity contribution in [3.05, 3.63) is 23.8 Å². The quantitative estimate of drug-likeness (QED) is 0.799. The Bertz CT molecular complexity index is 514. The third kappa shape index (κ3) is 2.78. The monoisotopic (exact) mass is 246 g/mol. The normalized spacial score (nSPS) is 15.4. The Hall–Kier alpha value is -1.09. The van der Waals surface area contributed by atoms with E-state index in [1.54, 1.807) is 11.3 Å². The van der Waals surface area contributed by atoms with Crippen molar-refractivity contribution in [1.29, 1.82) is 0 Å². The molecule has 0 bridgehead atoms. The van der Waals surface area contributed by atoms with E-state index in [2.05, 4.69) is 35.4 Å². The third-order valence-electron chi connectivity index (χ3n) is 3.31. The molecule has 1 heterocycles. The van der Waals surface area contributed by atoms with Crippen LogP contribution in [-0.2, 0) is 0 Å². The van der Waals surface area contributed by atoms with Crippen LogP contribution in [0, 0.1) is 12.8 Å². The molecule has 1 saturated carbocycles. The maximum absolute atomic E-state index is 4.61. The Morgan fingerprint density at radius 1 is 1.41 bits per heavy atom. The summed E-state index contributed by atoms with van der Waals surface area (Å²) in [5, 5.41) is 4.51. The summed E-state index contributed by atoms with van der Waals surface area (Å²) in [7, 11) is 0. The van der Waals surface area contributed by atoms with Gasteiger partial charge in [-0.15, -0.1) is 0 Å². The number of rotatable bonds is 5. The summed E-state index contributed by atoms with van der Waals surface area (Å²) in [6, 6.07) is 6.47. The smallest absolute Gasteiger partial charge is 0.183 e. The lowest BCUT2D eigenvalue weighted by Crippen LogP contribution is -2.00. The molecule has 0 spiro atoms. The standard InChI is InChI=1S/C14H18N2S/c1-10-4-7-13-12(9-10)16-14(17-13)15-8-2-3-11-5-6-11/h4,7,9,11H,2-3,5-6,8H2,1H3,(H,15,16). The van der Waals surface area contributed by atoms with Gasteiger partial charge in [-0.05, 0) is 43.4 Å². The minimum absolute atomic E-state index is 1.04. The van der Waals surface area contributed by atoms with E-state index in [-0.39, 0.29) is 0 Å². The van der Waals surface area contributed by atoms with Crippen LogP contribution in [0.25, 0.3) is 10.2 Å². The summed E-state index contributed by atoms with van der Waals surface area (Å²) < 4.78 is 1.28. The number of benzene rings is 1. The first-order chi connectivity index (χ1) is 8.31. The lowest BCUT2D eigenvalue weighted by atomic mass is 10.2. The fraction of sp³-hybridized carbons (Fsp3) is 0.500. The van der Waals surface area contributed by atoms with Gasteiger partial charge in [0.25, 0.3) is 0 Å². The molecule has 2 nitrogen and oxygen atoms in total. The van der Waals surface area contributed by atoms with Crippen LogP contribution in [-0.4, -0.2) is 11.5 Å². The highest BCUT2D eigenvalue weighted by Gasteiger charge is 2.19. The lowest BCUT2D eigenvalue weighted by molar-refractivity contribution is 0.687. The van der Waals surface area contributed by atoms with Crippen LogP contribution in [0.4, 0.5) is 5.13 Å². The molecule has 1 fully saturated rings. The van der Waals surface area contributed by atoms with Gasteiger partial charge in [0.1, 0.15) is 0 Å². The first-order valence-corrected chi connectivity index (χ1v) is 7.24. The predicted molar refractivity (Wildman–Crippen MR) is 74.8 cm³/mol. The number of hydrogen-bond donors (Lipinski definition) is 1. The SMILES string of the molecule is Cc1ccc2sc(NCCCC3CC3)nc2c1. The Balaban J connectivity index is 1.60. The largest absolute Gasteiger partial charge is 0.361 e. The van der Waals surface area contributed by atoms with E-state index in [1.807, 2.05) is 0 Å². The molecule has 3 heteroatoms. The average Bonchev–Trinajstić information content (AvgIpc) is 3.04. The predicted octanol–water partition coefficient (Wildman–Crippen LogP) is 4.21. The third-order valence-corrected chi connectivity index (χ3v) is 4.30. The van der Waals surface area contributed by atoms with Gasteiger partial charge >= 0.3 is 0 Å². The number of aryl methyl sites for hydroxylation is 1. The van der Waals surface area contributed by atoms with Crippen LogP contribution >= 0.6 is 11.3 Å². The molecule has 1 aliphatic carbocycles. The molecule has 1 aromatic heterocycles. The molecule has 0 unspecified atom stereocenters. The zero-order chi connectivity index (χ0) is 11.7. The molecule has 2 aromatic rings. The Kier molecular flexibility index (Phi) is 3.02. The summed E-state index contributed by atoms with van der Waals surface area (Å²) in [5.74, 6) is 1.04. The van der Waals surface area contributed by atoms with Crippen molar-refractivity contribution < 1.29 is 0 Å². The molecule has 0 saturated heterocycles. The number of fused-ring (bicyclic) bond motifs is 1. The number of nitrogens with zero attached hydrogens (tertiary/aromatic N) is 1. The number of aromatic nitrogens is 1. The molecule has 1 N–H and O–H groups in total. The van der Waals surface area contributed by atoms with Gasteiger partial charge in [-0.25, -0.2) is 4.98 Å². The zero-order valence-corrected chi connectivity index (χ0v) is 11.0. The molecule has 3 rings (SSSR count). The summed E-state index contributed by atoms with van der Waals surface area (Å²) >= 11 is 1.76. The molecule has 1 aromatic carbocycles. The van der Waals surface area contributed by atoms with Gasteiger partial charge in [0.2, 0.25) is 0 Å². The summed E-state index contributed by atoms with van der Waals surface area (Å²) in [5.41, 5.74) is 2.41. The summed E-state index contributed by atoms with van der Waals surface area (Å²) in [6.45, 7) is 3.18. The fourth-order valence-electron chi connectivity index (χ4n) is 2.11. The summed E-state index contributed by atoms with van der Waals surface area (Å²) in [6.07, 6.45) is 5.58. The van der Waals surface area contributed by atoms with E-state index in [4.69, 9.17) is 0 Å². The van der Waals surface area contributed by atoms with E-state index in [1.165, 1.54) is 35.9 Å². The van der Waals surface area contributed by atoms with Crippen molar-refractivity contribution in [1.82, 2.24) is 4.98 Å². The van der Waals surface area contributed by atoms with Crippen molar-refractivity contribution >= 4 is 26.7 Å². The van der Waals surface area contributed by atoms with E-state index >= 15 is 0 Å². The minimum atomic E-state index is 1.04. The minimum Gasteiger partial charge on any atom is -0.361 e. The van der Waals surface area contributed by atoms with E-state index in [0.29, 0.717) is 0 Å². The molecular formula is C14H18N2S. The van der Waals surface area contributed by atoms with Crippen LogP contribution in [0.2, 0.25) is 0 Å². The van der Waals surface area contributed by atoms with Gasteiger partial charge < -0.3 is 5.32 Å². The van der Waals surface area contributed by atoms with Crippen molar-refractivity contribution in [2.24, 2.45) is 5.92 Å². The van der Waals surface area contributed by atoms with E-state index in [0.717, 1.165) is 23.1 Å². The number of thiazole rings is 1. The fourth-order valence-corrected chi connectivity index (χ4v) is 2.98. The molecule has 0 radical (unpaired) electrons. The van der Waals surface area contributed by atoms with Gasteiger partial charge in [0.05, 0.1) is 10.2 Å². The van der Waals surface area contributed by atoms with E-state index in [9.17, 15) is 0 Å². The maximum Gasteiger partial charge on any atom is 0.183 e. The van der Waals surface area contributed by atoms with Crippen molar-refractivity contribution in [2.45, 2.75) is 32.6 Å². The molecule has 1 aliphatic rings. The topological polar surface area (TPSA) is 24.9 Å². The number of hydrogen-bond acceptors (Lipinski definition) is 3. The molecule has 0 aliphatic heterocycles. The molecule has 0 amide bonds. The van der Waals surface area contributed by atoms with Gasteiger partial charge in [-0.2, -0.15) is 0 Å². The Morgan fingerprint density at radius 3 is 3.12 bits per heavy atom. The number of nitrogens with one attached hydrogen (secondary N) is 1. The Labute approximate surface area is 106 Å². The molecular weight excluding hydrogens is 228 g/mol. The highest BCUT2D eigenvalue weighted by Crippen LogP contribution is 2.33. The van der Waals surface area contributed by atoms with Crippen LogP contribution in [0.1, 0.15) is 31.2 Å². The second-order valence-electron chi connectivity index (χ2n) is 5.00. The van der Waals surface area contributed by atoms with Gasteiger partial charge in [-0.1, -0.05) is 30.2 Å². The average molecular weight is 246 g/mol. The second kappa shape index (κ2) is 4.65. The van der Waals surface area contributed by atoms with E-state index < -0.39 is 0 Å². The second-order valence-corrected chi connectivity index (χ2v) is 6.03. The first-order valence-electron chi connectivity index (χ1n) is 6.42. The van der Waals surface area contributed by atoms with Gasteiger partial charge in [0.15, 0.2) is 5.13 Å². The maximum atomic E-state index is 4.61. The van der Waals surface area contributed by atoms with Crippen molar-refractivity contribution in [3.63, 3.8) is 0 Å². The van der Waals surface area contributed by atoms with Crippen LogP contribution < -0.4 is 5.32 Å². The lowest BCUT2D eigenvalue weighted by Gasteiger charge is -2.00. The molecule has 0 atom stereocenters. The first kappa shape index (κ1) is 11.0. The van der Waals surface area contributed by atoms with Gasteiger partial charge in [0, 0.05) is 6.54 Å².